The normalized spacial score (nSPS) is 13.1. The van der Waals surface area contributed by atoms with E-state index < -0.39 is 6.10 Å². The van der Waals surface area contributed by atoms with Gasteiger partial charge in [-0.05, 0) is 89.9 Å². The summed E-state index contributed by atoms with van der Waals surface area (Å²) in [5.74, 6) is -0.978. The van der Waals surface area contributed by atoms with Crippen LogP contribution in [0.25, 0.3) is 0 Å². The van der Waals surface area contributed by atoms with E-state index in [-0.39, 0.29) is 31.1 Å². The van der Waals surface area contributed by atoms with Gasteiger partial charge in [0.1, 0.15) is 13.2 Å². The Kier molecular flexibility index (Phi) is 48.1. The summed E-state index contributed by atoms with van der Waals surface area (Å²) in [5, 5.41) is 0. The quantitative estimate of drug-likeness (QED) is 0.0199. The topological polar surface area (TPSA) is 78.9 Å². The number of ether oxygens (including phenoxy) is 3. The van der Waals surface area contributed by atoms with Crippen LogP contribution in [0.1, 0.15) is 207 Å². The van der Waals surface area contributed by atoms with Crippen molar-refractivity contribution in [2.45, 2.75) is 213 Å². The van der Waals surface area contributed by atoms with Crippen molar-refractivity contribution in [2.75, 3.05) is 13.2 Å². The molecule has 0 N–H and O–H groups in total. The lowest BCUT2D eigenvalue weighted by molar-refractivity contribution is -0.167. The van der Waals surface area contributed by atoms with Crippen molar-refractivity contribution in [1.82, 2.24) is 0 Å². The van der Waals surface area contributed by atoms with Crippen LogP contribution in [0.15, 0.2) is 122 Å². The van der Waals surface area contributed by atoms with E-state index >= 15 is 0 Å². The zero-order valence-electron chi connectivity index (χ0n) is 41.0. The molecule has 0 heterocycles. The Labute approximate surface area is 392 Å². The van der Waals surface area contributed by atoms with Gasteiger partial charge in [0.15, 0.2) is 6.10 Å². The molecule has 0 fully saturated rings. The molecular weight excluding hydrogens is 793 g/mol. The second kappa shape index (κ2) is 51.4. The fourth-order valence-electron chi connectivity index (χ4n) is 6.56. The Hall–Kier alpha value is -4.19. The third-order valence-corrected chi connectivity index (χ3v) is 10.4. The summed E-state index contributed by atoms with van der Waals surface area (Å²) in [6, 6.07) is 0. The maximum absolute atomic E-state index is 12.8. The first-order chi connectivity index (χ1) is 31.5. The van der Waals surface area contributed by atoms with Crippen LogP contribution in [0.2, 0.25) is 0 Å². The number of allylic oxidation sites excluding steroid dienone is 20. The van der Waals surface area contributed by atoms with Crippen molar-refractivity contribution in [1.29, 1.82) is 0 Å². The maximum Gasteiger partial charge on any atom is 0.306 e. The molecule has 6 nitrogen and oxygen atoms in total. The molecule has 0 spiro atoms. The second-order valence-electron chi connectivity index (χ2n) is 16.5. The number of carbonyl (C=O) groups is 3. The molecule has 0 amide bonds. The second-order valence-corrected chi connectivity index (χ2v) is 16.5. The van der Waals surface area contributed by atoms with Crippen LogP contribution in [0.4, 0.5) is 0 Å². The fourth-order valence-corrected chi connectivity index (χ4v) is 6.56. The lowest BCUT2D eigenvalue weighted by Gasteiger charge is -2.18. The molecule has 0 saturated heterocycles. The van der Waals surface area contributed by atoms with E-state index in [4.69, 9.17) is 14.2 Å². The van der Waals surface area contributed by atoms with Crippen LogP contribution in [0.5, 0.6) is 0 Å². The number of hydrogen-bond donors (Lipinski definition) is 0. The number of unbranched alkanes of at least 4 members (excludes halogenated alkanes) is 19. The zero-order valence-corrected chi connectivity index (χ0v) is 41.0. The molecular formula is C58H92O6. The summed E-state index contributed by atoms with van der Waals surface area (Å²) in [7, 11) is 0. The van der Waals surface area contributed by atoms with E-state index in [1.807, 2.05) is 60.8 Å². The Morgan fingerprint density at radius 3 is 1.16 bits per heavy atom. The highest BCUT2D eigenvalue weighted by Gasteiger charge is 2.19. The van der Waals surface area contributed by atoms with E-state index in [0.29, 0.717) is 19.3 Å². The Morgan fingerprint density at radius 1 is 0.344 bits per heavy atom. The van der Waals surface area contributed by atoms with E-state index in [1.54, 1.807) is 0 Å². The Morgan fingerprint density at radius 2 is 0.688 bits per heavy atom. The van der Waals surface area contributed by atoms with E-state index in [2.05, 4.69) is 81.5 Å². The summed E-state index contributed by atoms with van der Waals surface area (Å²) in [5.41, 5.74) is 0. The van der Waals surface area contributed by atoms with Crippen molar-refractivity contribution in [3.8, 4) is 0 Å². The Balaban J connectivity index is 4.54. The van der Waals surface area contributed by atoms with E-state index in [1.165, 1.54) is 57.8 Å². The molecule has 360 valence electrons. The Bertz CT molecular complexity index is 1390. The molecule has 6 heteroatoms. The highest BCUT2D eigenvalue weighted by molar-refractivity contribution is 5.71. The third-order valence-electron chi connectivity index (χ3n) is 10.4. The molecule has 0 aliphatic rings. The molecule has 0 saturated carbocycles. The first kappa shape index (κ1) is 59.8. The van der Waals surface area contributed by atoms with Crippen LogP contribution in [0, 0.1) is 0 Å². The molecule has 1 unspecified atom stereocenters. The summed E-state index contributed by atoms with van der Waals surface area (Å²) < 4.78 is 16.7. The van der Waals surface area contributed by atoms with Crippen LogP contribution in [-0.4, -0.2) is 37.2 Å². The molecule has 0 aliphatic carbocycles. The van der Waals surface area contributed by atoms with Crippen molar-refractivity contribution in [3.05, 3.63) is 122 Å². The average Bonchev–Trinajstić information content (AvgIpc) is 3.29. The largest absolute Gasteiger partial charge is 0.462 e. The SMILES string of the molecule is CC\C=C/C=C\C=C/C=C\C=C\C=C/CCCCCC(=O)OCC(COC(=O)CCCCCCCCC/C=C\C/C=C\CC)OC(=O)CCCCCCCC/C=C\C=C/CCCCC. The van der Waals surface area contributed by atoms with Gasteiger partial charge in [0, 0.05) is 19.3 Å². The molecule has 0 aliphatic heterocycles. The molecule has 0 rings (SSSR count). The van der Waals surface area contributed by atoms with Crippen LogP contribution in [-0.2, 0) is 28.6 Å². The van der Waals surface area contributed by atoms with Crippen LogP contribution >= 0.6 is 0 Å². The molecule has 1 atom stereocenters. The summed E-state index contributed by atoms with van der Waals surface area (Å²) >= 11 is 0. The van der Waals surface area contributed by atoms with Gasteiger partial charge in [0.05, 0.1) is 0 Å². The molecule has 0 radical (unpaired) electrons. The smallest absolute Gasteiger partial charge is 0.306 e. The summed E-state index contributed by atoms with van der Waals surface area (Å²) in [6.07, 6.45) is 70.3. The predicted octanol–water partition coefficient (Wildman–Crippen LogP) is 16.9. The summed E-state index contributed by atoms with van der Waals surface area (Å²) in [6.45, 7) is 6.28. The van der Waals surface area contributed by atoms with Crippen molar-refractivity contribution < 1.29 is 28.6 Å². The van der Waals surface area contributed by atoms with E-state index in [9.17, 15) is 14.4 Å². The molecule has 0 aromatic rings. The molecule has 64 heavy (non-hydrogen) atoms. The van der Waals surface area contributed by atoms with Gasteiger partial charge >= 0.3 is 17.9 Å². The number of esters is 3. The number of rotatable bonds is 44. The van der Waals surface area contributed by atoms with Crippen molar-refractivity contribution >= 4 is 17.9 Å². The van der Waals surface area contributed by atoms with Crippen molar-refractivity contribution in [2.24, 2.45) is 0 Å². The minimum absolute atomic E-state index is 0.105. The van der Waals surface area contributed by atoms with Gasteiger partial charge in [-0.2, -0.15) is 0 Å². The molecule has 0 bridgehead atoms. The number of carbonyl (C=O) groups excluding carboxylic acids is 3. The minimum atomic E-state index is -0.809. The summed E-state index contributed by atoms with van der Waals surface area (Å²) in [4.78, 5) is 38.0. The first-order valence-corrected chi connectivity index (χ1v) is 25.6. The number of hydrogen-bond acceptors (Lipinski definition) is 6. The highest BCUT2D eigenvalue weighted by atomic mass is 16.6. The van der Waals surface area contributed by atoms with Crippen LogP contribution < -0.4 is 0 Å². The average molecular weight is 885 g/mol. The molecule has 0 aromatic carbocycles. The van der Waals surface area contributed by atoms with Gasteiger partial charge in [0.2, 0.25) is 0 Å². The van der Waals surface area contributed by atoms with Gasteiger partial charge < -0.3 is 14.2 Å². The first-order valence-electron chi connectivity index (χ1n) is 25.6. The van der Waals surface area contributed by atoms with Gasteiger partial charge in [-0.1, -0.05) is 219 Å². The minimum Gasteiger partial charge on any atom is -0.462 e. The molecule has 0 aromatic heterocycles. The predicted molar refractivity (Wildman–Crippen MR) is 274 cm³/mol. The zero-order chi connectivity index (χ0) is 46.5. The van der Waals surface area contributed by atoms with E-state index in [0.717, 1.165) is 109 Å². The highest BCUT2D eigenvalue weighted by Crippen LogP contribution is 2.13. The standard InChI is InChI=1S/C58H92O6/c1-4-7-10-13-16-19-22-25-28-29-31-33-36-39-42-45-48-51-57(60)63-54-55(53-62-56(59)50-47-44-41-38-35-32-27-24-21-18-15-12-9-6-3)64-58(61)52-49-46-43-40-37-34-30-26-23-20-17-14-11-8-5-2/h7,9-10,12-13,16-23,25-26,28-29,31,33,36,55H,4-6,8,11,14-15,24,27,30,32,34-35,37-54H2,1-3H3/b10-7-,12-9-,16-13-,20-17-,21-18-,22-19-,26-23-,28-25-,31-29+,36-33-. The van der Waals surface area contributed by atoms with Gasteiger partial charge in [-0.15, -0.1) is 0 Å². The lowest BCUT2D eigenvalue weighted by Crippen LogP contribution is -2.30. The third kappa shape index (κ3) is 48.8. The van der Waals surface area contributed by atoms with Gasteiger partial charge in [-0.3, -0.25) is 14.4 Å². The van der Waals surface area contributed by atoms with Crippen LogP contribution in [0.3, 0.4) is 0 Å². The monoisotopic (exact) mass is 885 g/mol. The van der Waals surface area contributed by atoms with Gasteiger partial charge in [0.25, 0.3) is 0 Å². The maximum atomic E-state index is 12.8. The fraction of sp³-hybridized carbons (Fsp3) is 0.603. The van der Waals surface area contributed by atoms with Crippen molar-refractivity contribution in [3.63, 3.8) is 0 Å². The lowest BCUT2D eigenvalue weighted by atomic mass is 10.1. The van der Waals surface area contributed by atoms with Gasteiger partial charge in [-0.25, -0.2) is 0 Å².